The predicted molar refractivity (Wildman–Crippen MR) is 77.2 cm³/mol. The normalized spacial score (nSPS) is 27.8. The van der Waals surface area contributed by atoms with Crippen LogP contribution < -0.4 is 10.1 Å². The molecule has 1 saturated carbocycles. The Kier molecular flexibility index (Phi) is 4.51. The molecule has 1 aliphatic rings. The summed E-state index contributed by atoms with van der Waals surface area (Å²) in [5, 5.41) is 3.66. The van der Waals surface area contributed by atoms with Crippen LogP contribution >= 0.6 is 0 Å². The first-order valence-corrected chi connectivity index (χ1v) is 7.19. The number of benzene rings is 1. The molecule has 0 bridgehead atoms. The number of ether oxygens (including phenoxy) is 1. The van der Waals surface area contributed by atoms with Crippen molar-refractivity contribution >= 4 is 5.69 Å². The molecule has 2 nitrogen and oxygen atoms in total. The van der Waals surface area contributed by atoms with Gasteiger partial charge in [-0.2, -0.15) is 0 Å². The van der Waals surface area contributed by atoms with Crippen molar-refractivity contribution < 1.29 is 4.74 Å². The molecule has 1 N–H and O–H groups in total. The summed E-state index contributed by atoms with van der Waals surface area (Å²) in [4.78, 5) is 0. The van der Waals surface area contributed by atoms with Gasteiger partial charge in [-0.25, -0.2) is 0 Å². The maximum absolute atomic E-state index is 5.66. The molecule has 2 heteroatoms. The highest BCUT2D eigenvalue weighted by Gasteiger charge is 2.24. The summed E-state index contributed by atoms with van der Waals surface area (Å²) in [6.07, 6.45) is 3.86. The highest BCUT2D eigenvalue weighted by atomic mass is 16.5. The molecule has 100 valence electrons. The zero-order valence-corrected chi connectivity index (χ0v) is 11.8. The highest BCUT2D eigenvalue weighted by molar-refractivity contribution is 5.56. The van der Waals surface area contributed by atoms with Crippen molar-refractivity contribution in [3.05, 3.63) is 24.3 Å². The second kappa shape index (κ2) is 6.12. The molecule has 0 radical (unpaired) electrons. The van der Waals surface area contributed by atoms with Gasteiger partial charge in [-0.1, -0.05) is 26.0 Å². The van der Waals surface area contributed by atoms with Gasteiger partial charge in [0.15, 0.2) is 0 Å². The van der Waals surface area contributed by atoms with E-state index in [1.54, 1.807) is 0 Å². The maximum Gasteiger partial charge on any atom is 0.142 e. The van der Waals surface area contributed by atoms with Crippen LogP contribution in [0.1, 0.15) is 40.0 Å². The largest absolute Gasteiger partial charge is 0.492 e. The summed E-state index contributed by atoms with van der Waals surface area (Å²) >= 11 is 0. The van der Waals surface area contributed by atoms with Crippen LogP contribution in [0.15, 0.2) is 24.3 Å². The maximum atomic E-state index is 5.66. The summed E-state index contributed by atoms with van der Waals surface area (Å²) in [6.45, 7) is 7.49. The summed E-state index contributed by atoms with van der Waals surface area (Å²) in [5.41, 5.74) is 1.14. The molecule has 3 atom stereocenters. The Labute approximate surface area is 111 Å². The van der Waals surface area contributed by atoms with Crippen LogP contribution in [0.3, 0.4) is 0 Å². The van der Waals surface area contributed by atoms with E-state index in [1.165, 1.54) is 19.3 Å². The fraction of sp³-hybridized carbons (Fsp3) is 0.625. The minimum atomic E-state index is 0.595. The lowest BCUT2D eigenvalue weighted by Gasteiger charge is -2.33. The summed E-state index contributed by atoms with van der Waals surface area (Å²) in [7, 11) is 0. The fourth-order valence-corrected chi connectivity index (χ4v) is 2.77. The molecule has 0 spiro atoms. The van der Waals surface area contributed by atoms with E-state index in [0.29, 0.717) is 6.04 Å². The van der Waals surface area contributed by atoms with Crippen molar-refractivity contribution in [3.63, 3.8) is 0 Å². The number of hydrogen-bond donors (Lipinski definition) is 1. The molecule has 1 aromatic rings. The van der Waals surface area contributed by atoms with E-state index in [-0.39, 0.29) is 0 Å². The average Bonchev–Trinajstić information content (AvgIpc) is 2.37. The topological polar surface area (TPSA) is 21.3 Å². The van der Waals surface area contributed by atoms with Gasteiger partial charge >= 0.3 is 0 Å². The monoisotopic (exact) mass is 247 g/mol. The first-order chi connectivity index (χ1) is 8.70. The third-order valence-electron chi connectivity index (χ3n) is 4.14. The Hall–Kier alpha value is -1.18. The first-order valence-electron chi connectivity index (χ1n) is 7.19. The molecule has 3 unspecified atom stereocenters. The second-order valence-electron chi connectivity index (χ2n) is 5.54. The second-order valence-corrected chi connectivity index (χ2v) is 5.54. The van der Waals surface area contributed by atoms with Crippen molar-refractivity contribution in [2.45, 2.75) is 46.1 Å². The molecular weight excluding hydrogens is 222 g/mol. The van der Waals surface area contributed by atoms with Gasteiger partial charge < -0.3 is 10.1 Å². The van der Waals surface area contributed by atoms with Crippen LogP contribution in [-0.2, 0) is 0 Å². The third-order valence-corrected chi connectivity index (χ3v) is 4.14. The highest BCUT2D eigenvalue weighted by Crippen LogP contribution is 2.33. The molecule has 0 aromatic heterocycles. The van der Waals surface area contributed by atoms with Crippen molar-refractivity contribution in [1.29, 1.82) is 0 Å². The Bertz CT molecular complexity index is 377. The zero-order valence-electron chi connectivity index (χ0n) is 11.8. The van der Waals surface area contributed by atoms with Gasteiger partial charge in [0.25, 0.3) is 0 Å². The third kappa shape index (κ3) is 3.18. The van der Waals surface area contributed by atoms with Crippen molar-refractivity contribution in [3.8, 4) is 5.75 Å². The molecule has 0 aliphatic heterocycles. The zero-order chi connectivity index (χ0) is 13.0. The van der Waals surface area contributed by atoms with Crippen molar-refractivity contribution in [2.24, 2.45) is 11.8 Å². The quantitative estimate of drug-likeness (QED) is 0.855. The molecule has 1 aromatic carbocycles. The van der Waals surface area contributed by atoms with Gasteiger partial charge in [0.05, 0.1) is 12.3 Å². The van der Waals surface area contributed by atoms with E-state index >= 15 is 0 Å². The van der Waals surface area contributed by atoms with Crippen LogP contribution in [0.2, 0.25) is 0 Å². The van der Waals surface area contributed by atoms with Crippen LogP contribution in [0.5, 0.6) is 5.75 Å². The van der Waals surface area contributed by atoms with Crippen LogP contribution in [-0.4, -0.2) is 12.6 Å². The molecule has 18 heavy (non-hydrogen) atoms. The number of nitrogens with one attached hydrogen (secondary N) is 1. The van der Waals surface area contributed by atoms with E-state index in [2.05, 4.69) is 31.3 Å². The van der Waals surface area contributed by atoms with Crippen molar-refractivity contribution in [1.82, 2.24) is 0 Å². The van der Waals surface area contributed by atoms with Gasteiger partial charge in [-0.3, -0.25) is 0 Å². The van der Waals surface area contributed by atoms with Crippen LogP contribution in [0.25, 0.3) is 0 Å². The van der Waals surface area contributed by atoms with Gasteiger partial charge in [0.1, 0.15) is 5.75 Å². The molecule has 1 aliphatic carbocycles. The standard InChI is InChI=1S/C16H25NO/c1-4-18-16-8-6-5-7-15(16)17-14-10-9-12(2)13(3)11-14/h5-8,12-14,17H,4,9-11H2,1-3H3. The molecular formula is C16H25NO. The molecule has 2 rings (SSSR count). The molecule has 0 saturated heterocycles. The smallest absolute Gasteiger partial charge is 0.142 e. The van der Waals surface area contributed by atoms with Crippen LogP contribution in [0, 0.1) is 11.8 Å². The lowest BCUT2D eigenvalue weighted by Crippen LogP contribution is -2.30. The summed E-state index contributed by atoms with van der Waals surface area (Å²) < 4.78 is 5.66. The molecule has 1 fully saturated rings. The van der Waals surface area contributed by atoms with E-state index in [4.69, 9.17) is 4.74 Å². The minimum Gasteiger partial charge on any atom is -0.492 e. The first kappa shape index (κ1) is 13.3. The fourth-order valence-electron chi connectivity index (χ4n) is 2.77. The van der Waals surface area contributed by atoms with E-state index in [1.807, 2.05) is 19.1 Å². The average molecular weight is 247 g/mol. The Morgan fingerprint density at radius 1 is 1.17 bits per heavy atom. The van der Waals surface area contributed by atoms with Gasteiger partial charge in [-0.15, -0.1) is 0 Å². The number of hydrogen-bond acceptors (Lipinski definition) is 2. The van der Waals surface area contributed by atoms with Gasteiger partial charge in [0, 0.05) is 6.04 Å². The molecule has 0 amide bonds. The predicted octanol–water partition coefficient (Wildman–Crippen LogP) is 4.32. The summed E-state index contributed by atoms with van der Waals surface area (Å²) in [6, 6.07) is 8.85. The van der Waals surface area contributed by atoms with E-state index in [9.17, 15) is 0 Å². The van der Waals surface area contributed by atoms with Crippen molar-refractivity contribution in [2.75, 3.05) is 11.9 Å². The Morgan fingerprint density at radius 2 is 1.94 bits per heavy atom. The number of anilines is 1. The molecule has 0 heterocycles. The Balaban J connectivity index is 2.01. The van der Waals surface area contributed by atoms with Crippen LogP contribution in [0.4, 0.5) is 5.69 Å². The number of rotatable bonds is 4. The lowest BCUT2D eigenvalue weighted by molar-refractivity contribution is 0.260. The Morgan fingerprint density at radius 3 is 2.67 bits per heavy atom. The summed E-state index contributed by atoms with van der Waals surface area (Å²) in [5.74, 6) is 2.66. The lowest BCUT2D eigenvalue weighted by atomic mass is 9.79. The van der Waals surface area contributed by atoms with Gasteiger partial charge in [0.2, 0.25) is 0 Å². The minimum absolute atomic E-state index is 0.595. The number of para-hydroxylation sites is 2. The van der Waals surface area contributed by atoms with E-state index in [0.717, 1.165) is 29.9 Å². The van der Waals surface area contributed by atoms with Gasteiger partial charge in [-0.05, 0) is 50.2 Å². The van der Waals surface area contributed by atoms with E-state index < -0.39 is 0 Å². The SMILES string of the molecule is CCOc1ccccc1NC1CCC(C)C(C)C1.